The fraction of sp³-hybridized carbons (Fsp3) is 0.286. The van der Waals surface area contributed by atoms with Gasteiger partial charge in [-0.05, 0) is 19.4 Å². The summed E-state index contributed by atoms with van der Waals surface area (Å²) in [5.74, 6) is 0.116. The van der Waals surface area contributed by atoms with Crippen molar-refractivity contribution in [2.24, 2.45) is 5.92 Å². The Labute approximate surface area is 162 Å². The molecule has 0 fully saturated rings. The van der Waals surface area contributed by atoms with E-state index in [1.807, 2.05) is 62.4 Å². The Bertz CT molecular complexity index is 1000. The van der Waals surface area contributed by atoms with E-state index in [0.717, 1.165) is 5.56 Å². The number of imide groups is 1. The first-order chi connectivity index (χ1) is 13.6. The van der Waals surface area contributed by atoms with Gasteiger partial charge in [-0.2, -0.15) is 19.3 Å². The topological polar surface area (TPSA) is 79.3 Å². The Morgan fingerprint density at radius 2 is 2.00 bits per heavy atom. The van der Waals surface area contributed by atoms with Gasteiger partial charge in [0.1, 0.15) is 17.7 Å². The van der Waals surface area contributed by atoms with Gasteiger partial charge in [-0.3, -0.25) is 0 Å². The molecule has 0 spiro atoms. The van der Waals surface area contributed by atoms with Gasteiger partial charge >= 0.3 is 11.9 Å². The molecule has 1 aliphatic heterocycles. The van der Waals surface area contributed by atoms with E-state index < -0.39 is 5.92 Å². The van der Waals surface area contributed by atoms with E-state index >= 15 is 0 Å². The summed E-state index contributed by atoms with van der Waals surface area (Å²) >= 11 is 0. The number of carbonyl (C=O) groups is 2. The molecule has 0 saturated heterocycles. The number of nitrogens with zero attached hydrogens (tertiary/aromatic N) is 4. The van der Waals surface area contributed by atoms with Crippen molar-refractivity contribution in [3.05, 3.63) is 60.5 Å². The van der Waals surface area contributed by atoms with Crippen molar-refractivity contribution in [1.29, 1.82) is 0 Å². The van der Waals surface area contributed by atoms with Crippen LogP contribution in [0, 0.1) is 5.92 Å². The molecule has 2 aliphatic rings. The number of amides is 3. The molecule has 7 nitrogen and oxygen atoms in total. The van der Waals surface area contributed by atoms with E-state index in [-0.39, 0.29) is 24.5 Å². The van der Waals surface area contributed by atoms with Gasteiger partial charge in [-0.1, -0.05) is 60.6 Å². The molecule has 2 aromatic rings. The Morgan fingerprint density at radius 1 is 1.21 bits per heavy atom. The van der Waals surface area contributed by atoms with Gasteiger partial charge < -0.3 is 4.52 Å². The van der Waals surface area contributed by atoms with Gasteiger partial charge in [0.2, 0.25) is 5.82 Å². The highest BCUT2D eigenvalue weighted by atomic mass is 16.5. The normalized spacial score (nSPS) is 19.9. The number of rotatable bonds is 5. The fourth-order valence-electron chi connectivity index (χ4n) is 3.39. The zero-order valence-corrected chi connectivity index (χ0v) is 15.8. The summed E-state index contributed by atoms with van der Waals surface area (Å²) in [7, 11) is 0. The lowest BCUT2D eigenvalue weighted by Crippen LogP contribution is -2.56. The first-order valence-corrected chi connectivity index (χ1v) is 9.34. The second kappa shape index (κ2) is 7.34. The molecule has 1 aromatic heterocycles. The lowest BCUT2D eigenvalue weighted by Gasteiger charge is -2.29. The summed E-state index contributed by atoms with van der Waals surface area (Å²) in [6.45, 7) is 3.94. The van der Waals surface area contributed by atoms with Crippen LogP contribution in [0.4, 0.5) is 4.79 Å². The van der Waals surface area contributed by atoms with Crippen LogP contribution in [-0.2, 0) is 11.3 Å². The van der Waals surface area contributed by atoms with Gasteiger partial charge in [0.15, 0.2) is 6.54 Å². The maximum Gasteiger partial charge on any atom is 0.501 e. The number of urea groups is 1. The minimum Gasteiger partial charge on any atom is -0.335 e. The van der Waals surface area contributed by atoms with Crippen LogP contribution in [0.25, 0.3) is 11.4 Å². The first-order valence-electron chi connectivity index (χ1n) is 9.34. The monoisotopic (exact) mass is 377 g/mol. The molecule has 4 rings (SSSR count). The summed E-state index contributed by atoms with van der Waals surface area (Å²) in [5.41, 5.74) is 1.47. The van der Waals surface area contributed by atoms with Crippen LogP contribution in [0.5, 0.6) is 0 Å². The number of benzene rings is 1. The van der Waals surface area contributed by atoms with Crippen molar-refractivity contribution in [1.82, 2.24) is 15.0 Å². The SMILES string of the molecule is CCC(C)N1C(=O)C2C=CC=CC2=[N+](Cc2nc(-c3ccccc3)no2)C1=O. The van der Waals surface area contributed by atoms with Crippen LogP contribution in [0.15, 0.2) is 59.2 Å². The minimum atomic E-state index is -0.479. The third-order valence-electron chi connectivity index (χ3n) is 5.08. The zero-order chi connectivity index (χ0) is 19.7. The number of aromatic nitrogens is 2. The van der Waals surface area contributed by atoms with Crippen molar-refractivity contribution in [3.8, 4) is 11.4 Å². The molecule has 28 heavy (non-hydrogen) atoms. The van der Waals surface area contributed by atoms with Crippen molar-refractivity contribution in [3.63, 3.8) is 0 Å². The summed E-state index contributed by atoms with van der Waals surface area (Å²) in [6, 6.07) is 8.95. The van der Waals surface area contributed by atoms with Crippen molar-refractivity contribution in [2.75, 3.05) is 0 Å². The molecule has 1 aromatic carbocycles. The van der Waals surface area contributed by atoms with Crippen LogP contribution in [0.3, 0.4) is 0 Å². The molecule has 2 atom stereocenters. The molecule has 7 heteroatoms. The number of hydrogen-bond donors (Lipinski definition) is 0. The maximum absolute atomic E-state index is 13.1. The van der Waals surface area contributed by atoms with Gasteiger partial charge in [0.05, 0.1) is 0 Å². The molecule has 2 unspecified atom stereocenters. The fourth-order valence-corrected chi connectivity index (χ4v) is 3.39. The highest BCUT2D eigenvalue weighted by Gasteiger charge is 2.48. The average molecular weight is 377 g/mol. The van der Waals surface area contributed by atoms with Gasteiger partial charge in [-0.25, -0.2) is 4.79 Å². The summed E-state index contributed by atoms with van der Waals surface area (Å²) < 4.78 is 6.94. The quantitative estimate of drug-likeness (QED) is 0.748. The molecular weight excluding hydrogens is 356 g/mol. The van der Waals surface area contributed by atoms with Crippen LogP contribution >= 0.6 is 0 Å². The van der Waals surface area contributed by atoms with E-state index in [1.165, 1.54) is 4.90 Å². The lowest BCUT2D eigenvalue weighted by atomic mass is 9.93. The van der Waals surface area contributed by atoms with E-state index in [9.17, 15) is 9.59 Å². The Balaban J connectivity index is 1.70. The first kappa shape index (κ1) is 18.0. The molecule has 142 valence electrons. The van der Waals surface area contributed by atoms with Crippen molar-refractivity contribution in [2.45, 2.75) is 32.9 Å². The second-order valence-electron chi connectivity index (χ2n) is 6.86. The van der Waals surface area contributed by atoms with E-state index in [2.05, 4.69) is 10.1 Å². The number of hydrogen-bond acceptors (Lipinski definition) is 5. The molecule has 1 aliphatic carbocycles. The molecule has 0 N–H and O–H groups in total. The number of fused-ring (bicyclic) bond motifs is 1. The number of carbonyl (C=O) groups excluding carboxylic acids is 2. The lowest BCUT2D eigenvalue weighted by molar-refractivity contribution is -0.461. The summed E-state index contributed by atoms with van der Waals surface area (Å²) in [4.78, 5) is 31.8. The summed E-state index contributed by atoms with van der Waals surface area (Å²) in [5, 5.41) is 4.02. The van der Waals surface area contributed by atoms with Crippen LogP contribution in [0.1, 0.15) is 26.2 Å². The molecule has 2 heterocycles. The molecular formula is C21H21N4O3+. The Morgan fingerprint density at radius 3 is 2.75 bits per heavy atom. The van der Waals surface area contributed by atoms with E-state index in [4.69, 9.17) is 4.52 Å². The predicted octanol–water partition coefficient (Wildman–Crippen LogP) is 3.19. The molecule has 0 saturated carbocycles. The van der Waals surface area contributed by atoms with Gasteiger partial charge in [-0.15, -0.1) is 0 Å². The van der Waals surface area contributed by atoms with Crippen LogP contribution < -0.4 is 0 Å². The second-order valence-corrected chi connectivity index (χ2v) is 6.86. The smallest absolute Gasteiger partial charge is 0.335 e. The Kier molecular flexibility index (Phi) is 4.73. The molecule has 3 amide bonds. The van der Waals surface area contributed by atoms with Gasteiger partial charge in [0, 0.05) is 5.56 Å². The van der Waals surface area contributed by atoms with Gasteiger partial charge in [0.25, 0.3) is 5.89 Å². The summed E-state index contributed by atoms with van der Waals surface area (Å²) in [6.07, 6.45) is 7.95. The minimum absolute atomic E-state index is 0.114. The maximum atomic E-state index is 13.1. The zero-order valence-electron chi connectivity index (χ0n) is 15.8. The third kappa shape index (κ3) is 3.09. The van der Waals surface area contributed by atoms with Crippen molar-refractivity contribution < 1.29 is 18.7 Å². The highest BCUT2D eigenvalue weighted by molar-refractivity contribution is 6.16. The van der Waals surface area contributed by atoms with Crippen molar-refractivity contribution >= 4 is 17.6 Å². The van der Waals surface area contributed by atoms with E-state index in [0.29, 0.717) is 23.8 Å². The predicted molar refractivity (Wildman–Crippen MR) is 102 cm³/mol. The van der Waals surface area contributed by atoms with E-state index in [1.54, 1.807) is 10.7 Å². The van der Waals surface area contributed by atoms with Crippen LogP contribution in [0.2, 0.25) is 0 Å². The van der Waals surface area contributed by atoms with Crippen LogP contribution in [-0.4, -0.2) is 43.3 Å². The third-order valence-corrected chi connectivity index (χ3v) is 5.08. The molecule has 0 radical (unpaired) electrons. The molecule has 0 bridgehead atoms. The average Bonchev–Trinajstić information content (AvgIpc) is 3.20. The largest absolute Gasteiger partial charge is 0.501 e. The Hall–Kier alpha value is -3.35. The number of allylic oxidation sites excluding steroid dienone is 3. The highest BCUT2D eigenvalue weighted by Crippen LogP contribution is 2.24. The standard InChI is InChI=1S/C21H21N4O3/c1-3-14(2)25-20(26)16-11-7-8-12-17(16)24(21(25)27)13-18-22-19(23-28-18)15-9-5-4-6-10-15/h4-12,14,16H,3,13H2,1-2H3/q+1.